The lowest BCUT2D eigenvalue weighted by Crippen LogP contribution is -2.22. The number of guanidine groups is 1. The van der Waals surface area contributed by atoms with E-state index in [1.54, 1.807) is 0 Å². The molecule has 0 aliphatic carbocycles. The van der Waals surface area contributed by atoms with E-state index in [-0.39, 0.29) is 5.96 Å². The summed E-state index contributed by atoms with van der Waals surface area (Å²) in [6.07, 6.45) is 4.89. The molecule has 0 atom stereocenters. The highest BCUT2D eigenvalue weighted by atomic mass is 15.0. The normalized spacial score (nSPS) is 7.50. The maximum atomic E-state index is 5.01. The Balaban J connectivity index is -0.000000147. The van der Waals surface area contributed by atoms with Crippen LogP contribution < -0.4 is 11.5 Å². The van der Waals surface area contributed by atoms with Crippen LogP contribution in [-0.2, 0) is 0 Å². The highest BCUT2D eigenvalue weighted by Crippen LogP contribution is 1.76. The van der Waals surface area contributed by atoms with E-state index >= 15 is 0 Å². The Morgan fingerprint density at radius 1 is 0.857 bits per heavy atom. The first kappa shape index (κ1) is 18.9. The highest BCUT2D eigenvalue weighted by molar-refractivity contribution is 5.75. The Morgan fingerprint density at radius 2 is 1.21 bits per heavy atom. The fourth-order valence-corrected chi connectivity index (χ4v) is 0.241. The van der Waals surface area contributed by atoms with Gasteiger partial charge < -0.3 is 11.5 Å². The van der Waals surface area contributed by atoms with Gasteiger partial charge in [-0.15, -0.1) is 0 Å². The minimum Gasteiger partial charge on any atom is -0.370 e. The third kappa shape index (κ3) is 65.2. The van der Waals surface area contributed by atoms with Gasteiger partial charge in [-0.05, 0) is 6.42 Å². The third-order valence-electron chi connectivity index (χ3n) is 1.02. The standard InChI is InChI=1S/C4H11N3.C4H10.C3H8/c1-2-3-7-4(5)6;1-3-4-2;1-3-2/h2-3H2,1H3,(H4,5,6,7);3-4H2,1-2H3;3H2,1-2H3. The average molecular weight is 203 g/mol. The topological polar surface area (TPSA) is 64.4 Å². The van der Waals surface area contributed by atoms with Gasteiger partial charge in [-0.3, -0.25) is 4.99 Å². The molecule has 4 N–H and O–H groups in total. The zero-order chi connectivity index (χ0) is 11.8. The fourth-order valence-electron chi connectivity index (χ4n) is 0.241. The lowest BCUT2D eigenvalue weighted by atomic mass is 10.4. The van der Waals surface area contributed by atoms with Crippen LogP contribution >= 0.6 is 0 Å². The van der Waals surface area contributed by atoms with Crippen LogP contribution in [0.2, 0.25) is 0 Å². The molecule has 0 saturated carbocycles. The van der Waals surface area contributed by atoms with Crippen LogP contribution in [0.5, 0.6) is 0 Å². The summed E-state index contributed by atoms with van der Waals surface area (Å²) in [5.74, 6) is 0.182. The van der Waals surface area contributed by atoms with Crippen LogP contribution in [0.3, 0.4) is 0 Å². The van der Waals surface area contributed by atoms with Crippen LogP contribution in [0.25, 0.3) is 0 Å². The van der Waals surface area contributed by atoms with Crippen LogP contribution in [-0.4, -0.2) is 12.5 Å². The molecule has 0 rings (SSSR count). The zero-order valence-electron chi connectivity index (χ0n) is 10.6. The van der Waals surface area contributed by atoms with Gasteiger partial charge >= 0.3 is 0 Å². The Kier molecular flexibility index (Phi) is 30.8. The Morgan fingerprint density at radius 3 is 1.29 bits per heavy atom. The van der Waals surface area contributed by atoms with E-state index in [9.17, 15) is 0 Å². The predicted molar refractivity (Wildman–Crippen MR) is 67.5 cm³/mol. The van der Waals surface area contributed by atoms with Gasteiger partial charge in [-0.1, -0.05) is 53.9 Å². The van der Waals surface area contributed by atoms with Gasteiger partial charge in [0.2, 0.25) is 0 Å². The molecule has 0 unspecified atom stereocenters. The summed E-state index contributed by atoms with van der Waals surface area (Å²) in [7, 11) is 0. The largest absolute Gasteiger partial charge is 0.370 e. The molecule has 14 heavy (non-hydrogen) atoms. The molecule has 0 bridgehead atoms. The smallest absolute Gasteiger partial charge is 0.185 e. The summed E-state index contributed by atoms with van der Waals surface area (Å²) in [5, 5.41) is 0. The van der Waals surface area contributed by atoms with Gasteiger partial charge in [0.05, 0.1) is 0 Å². The molecular formula is C11H29N3. The molecule has 0 heterocycles. The number of aliphatic imine (C=N–C) groups is 1. The van der Waals surface area contributed by atoms with Gasteiger partial charge in [0.15, 0.2) is 5.96 Å². The zero-order valence-corrected chi connectivity index (χ0v) is 10.6. The minimum atomic E-state index is 0.182. The second kappa shape index (κ2) is 22.8. The van der Waals surface area contributed by atoms with Crippen molar-refractivity contribution in [1.29, 1.82) is 0 Å². The molecule has 0 amide bonds. The summed E-state index contributed by atoms with van der Waals surface area (Å²) >= 11 is 0. The molecule has 0 saturated heterocycles. The first-order valence-corrected chi connectivity index (χ1v) is 5.65. The molecular weight excluding hydrogens is 174 g/mol. The van der Waals surface area contributed by atoms with Crippen molar-refractivity contribution >= 4 is 5.96 Å². The van der Waals surface area contributed by atoms with Crippen molar-refractivity contribution in [3.63, 3.8) is 0 Å². The summed E-state index contributed by atoms with van der Waals surface area (Å²) in [5.41, 5.74) is 10.0. The minimum absolute atomic E-state index is 0.182. The Hall–Kier alpha value is -0.730. The van der Waals surface area contributed by atoms with Crippen LogP contribution in [0.15, 0.2) is 4.99 Å². The molecule has 0 radical (unpaired) electrons. The van der Waals surface area contributed by atoms with Crippen molar-refractivity contribution in [2.45, 2.75) is 60.3 Å². The number of hydrogen-bond donors (Lipinski definition) is 2. The first-order chi connectivity index (χ1) is 6.60. The monoisotopic (exact) mass is 203 g/mol. The summed E-state index contributed by atoms with van der Waals surface area (Å²) < 4.78 is 0. The SMILES string of the molecule is CCC.CCCC.CCCN=C(N)N. The lowest BCUT2D eigenvalue weighted by molar-refractivity contribution is 0.886. The van der Waals surface area contributed by atoms with Gasteiger partial charge in [0.25, 0.3) is 0 Å². The Labute approximate surface area is 90.0 Å². The molecule has 88 valence electrons. The summed E-state index contributed by atoms with van der Waals surface area (Å²) in [6.45, 7) is 11.4. The van der Waals surface area contributed by atoms with E-state index in [4.69, 9.17) is 11.5 Å². The summed E-state index contributed by atoms with van der Waals surface area (Å²) in [6, 6.07) is 0. The highest BCUT2D eigenvalue weighted by Gasteiger charge is 1.74. The van der Waals surface area contributed by atoms with E-state index < -0.39 is 0 Å². The van der Waals surface area contributed by atoms with E-state index in [0.717, 1.165) is 13.0 Å². The predicted octanol–water partition coefficient (Wildman–Crippen LogP) is 2.89. The molecule has 0 aromatic rings. The average Bonchev–Trinajstić information content (AvgIpc) is 2.16. The van der Waals surface area contributed by atoms with E-state index in [2.05, 4.69) is 32.7 Å². The van der Waals surface area contributed by atoms with E-state index in [0.29, 0.717) is 0 Å². The number of nitrogens with zero attached hydrogens (tertiary/aromatic N) is 1. The molecule has 3 heteroatoms. The Bertz CT molecular complexity index is 94.7. The maximum absolute atomic E-state index is 5.01. The number of unbranched alkanes of at least 4 members (excludes halogenated alkanes) is 1. The van der Waals surface area contributed by atoms with E-state index in [1.807, 2.05) is 6.92 Å². The van der Waals surface area contributed by atoms with Crippen molar-refractivity contribution < 1.29 is 0 Å². The second-order valence-corrected chi connectivity index (χ2v) is 3.01. The molecule has 0 aromatic carbocycles. The molecule has 3 nitrogen and oxygen atoms in total. The molecule has 0 aliphatic rings. The fraction of sp³-hybridized carbons (Fsp3) is 0.909. The van der Waals surface area contributed by atoms with Crippen LogP contribution in [0, 0.1) is 0 Å². The second-order valence-electron chi connectivity index (χ2n) is 3.01. The quantitative estimate of drug-likeness (QED) is 0.547. The molecule has 0 aliphatic heterocycles. The van der Waals surface area contributed by atoms with Crippen molar-refractivity contribution in [1.82, 2.24) is 0 Å². The molecule has 0 spiro atoms. The van der Waals surface area contributed by atoms with Crippen LogP contribution in [0.1, 0.15) is 60.3 Å². The van der Waals surface area contributed by atoms with Gasteiger partial charge in [0.1, 0.15) is 0 Å². The number of nitrogens with two attached hydrogens (primary N) is 2. The lowest BCUT2D eigenvalue weighted by Gasteiger charge is -1.86. The first-order valence-electron chi connectivity index (χ1n) is 5.65. The van der Waals surface area contributed by atoms with Crippen molar-refractivity contribution in [2.75, 3.05) is 6.54 Å². The van der Waals surface area contributed by atoms with Gasteiger partial charge in [-0.2, -0.15) is 0 Å². The van der Waals surface area contributed by atoms with Gasteiger partial charge in [-0.25, -0.2) is 0 Å². The van der Waals surface area contributed by atoms with Gasteiger partial charge in [0, 0.05) is 6.54 Å². The summed E-state index contributed by atoms with van der Waals surface area (Å²) in [4.78, 5) is 3.72. The maximum Gasteiger partial charge on any atom is 0.185 e. The molecule has 0 fully saturated rings. The van der Waals surface area contributed by atoms with Crippen LogP contribution in [0.4, 0.5) is 0 Å². The third-order valence-corrected chi connectivity index (χ3v) is 1.02. The number of rotatable bonds is 3. The number of hydrogen-bond acceptors (Lipinski definition) is 1. The van der Waals surface area contributed by atoms with Crippen molar-refractivity contribution in [2.24, 2.45) is 16.5 Å². The van der Waals surface area contributed by atoms with E-state index in [1.165, 1.54) is 19.3 Å². The molecule has 0 aromatic heterocycles. The van der Waals surface area contributed by atoms with Crippen molar-refractivity contribution in [3.8, 4) is 0 Å². The van der Waals surface area contributed by atoms with Crippen molar-refractivity contribution in [3.05, 3.63) is 0 Å².